The maximum Gasteiger partial charge on any atom is 0.348 e. The van der Waals surface area contributed by atoms with Gasteiger partial charge in [0.2, 0.25) is 0 Å². The zero-order chi connectivity index (χ0) is 19.6. The normalized spacial score (nSPS) is 11.3. The Balaban J connectivity index is 2.25. The van der Waals surface area contributed by atoms with Gasteiger partial charge >= 0.3 is 5.69 Å². The predicted molar refractivity (Wildman–Crippen MR) is 112 cm³/mol. The van der Waals surface area contributed by atoms with E-state index in [2.05, 4.69) is 37.5 Å². The summed E-state index contributed by atoms with van der Waals surface area (Å²) in [6.45, 7) is 12.4. The lowest BCUT2D eigenvalue weighted by Crippen LogP contribution is -2.25. The van der Waals surface area contributed by atoms with E-state index in [-0.39, 0.29) is 11.7 Å². The Labute approximate surface area is 160 Å². The summed E-state index contributed by atoms with van der Waals surface area (Å²) >= 11 is 0. The largest absolute Gasteiger partial charge is 0.490 e. The van der Waals surface area contributed by atoms with Gasteiger partial charge in [0.1, 0.15) is 12.4 Å². The summed E-state index contributed by atoms with van der Waals surface area (Å²) in [7, 11) is 0. The topological polar surface area (TPSA) is 44.1 Å². The van der Waals surface area contributed by atoms with Crippen LogP contribution < -0.4 is 10.4 Å². The Morgan fingerprint density at radius 3 is 2.41 bits per heavy atom. The molecule has 4 nitrogen and oxygen atoms in total. The van der Waals surface area contributed by atoms with Crippen molar-refractivity contribution in [1.82, 2.24) is 9.55 Å². The second-order valence-electron chi connectivity index (χ2n) is 7.26. The van der Waals surface area contributed by atoms with Gasteiger partial charge in [-0.1, -0.05) is 50.8 Å². The van der Waals surface area contributed by atoms with Gasteiger partial charge in [-0.2, -0.15) is 4.98 Å². The number of nitrogens with zero attached hydrogens (tertiary/aromatic N) is 2. The van der Waals surface area contributed by atoms with Crippen LogP contribution in [0.25, 0.3) is 22.2 Å². The van der Waals surface area contributed by atoms with Gasteiger partial charge in [-0.3, -0.25) is 4.57 Å². The molecule has 0 N–H and O–H groups in total. The van der Waals surface area contributed by atoms with E-state index in [0.717, 1.165) is 22.2 Å². The van der Waals surface area contributed by atoms with Crippen LogP contribution in [0.1, 0.15) is 45.2 Å². The molecular formula is C23H26N2O2. The number of hydrogen-bond acceptors (Lipinski definition) is 3. The second-order valence-corrected chi connectivity index (χ2v) is 7.26. The van der Waals surface area contributed by atoms with E-state index in [9.17, 15) is 4.79 Å². The van der Waals surface area contributed by atoms with Gasteiger partial charge < -0.3 is 4.74 Å². The highest BCUT2D eigenvalue weighted by molar-refractivity contribution is 5.93. The molecule has 0 saturated heterocycles. The first kappa shape index (κ1) is 18.9. The van der Waals surface area contributed by atoms with Crippen molar-refractivity contribution in [2.45, 2.75) is 39.7 Å². The summed E-state index contributed by atoms with van der Waals surface area (Å²) in [5, 5.41) is 0.905. The highest BCUT2D eigenvalue weighted by Gasteiger charge is 2.15. The van der Waals surface area contributed by atoms with Crippen LogP contribution in [-0.2, 0) is 0 Å². The summed E-state index contributed by atoms with van der Waals surface area (Å²) in [5.74, 6) is 1.19. The van der Waals surface area contributed by atoms with E-state index in [1.165, 1.54) is 5.56 Å². The number of rotatable bonds is 6. The first-order valence-corrected chi connectivity index (χ1v) is 9.32. The molecule has 0 unspecified atom stereocenters. The Kier molecular flexibility index (Phi) is 5.45. The molecule has 0 aliphatic rings. The van der Waals surface area contributed by atoms with Crippen molar-refractivity contribution in [2.24, 2.45) is 0 Å². The van der Waals surface area contributed by atoms with Crippen LogP contribution in [0.15, 0.2) is 59.9 Å². The molecule has 1 aromatic heterocycles. The Bertz CT molecular complexity index is 1010. The molecular weight excluding hydrogens is 336 g/mol. The molecule has 4 heteroatoms. The van der Waals surface area contributed by atoms with Crippen molar-refractivity contribution in [3.8, 4) is 17.0 Å². The summed E-state index contributed by atoms with van der Waals surface area (Å²) < 4.78 is 7.42. The smallest absolute Gasteiger partial charge is 0.348 e. The number of hydrogen-bond donors (Lipinski definition) is 0. The zero-order valence-electron chi connectivity index (χ0n) is 16.4. The molecule has 2 aromatic carbocycles. The third-order valence-electron chi connectivity index (χ3n) is 4.63. The molecule has 0 fully saturated rings. The molecule has 0 bridgehead atoms. The summed E-state index contributed by atoms with van der Waals surface area (Å²) in [6.07, 6.45) is 1.71. The average Bonchev–Trinajstić information content (AvgIpc) is 2.65. The maximum absolute atomic E-state index is 12.7. The van der Waals surface area contributed by atoms with E-state index >= 15 is 0 Å². The van der Waals surface area contributed by atoms with Gasteiger partial charge in [0.25, 0.3) is 0 Å². The quantitative estimate of drug-likeness (QED) is 0.557. The Hall–Kier alpha value is -2.88. The fourth-order valence-corrected chi connectivity index (χ4v) is 3.22. The Morgan fingerprint density at radius 2 is 1.81 bits per heavy atom. The summed E-state index contributed by atoms with van der Waals surface area (Å²) in [4.78, 5) is 17.1. The van der Waals surface area contributed by atoms with Crippen LogP contribution in [0, 0.1) is 0 Å². The van der Waals surface area contributed by atoms with Gasteiger partial charge in [0.05, 0.1) is 11.2 Å². The first-order valence-electron chi connectivity index (χ1n) is 9.32. The van der Waals surface area contributed by atoms with Crippen LogP contribution in [0.2, 0.25) is 0 Å². The standard InChI is InChI=1S/C23H26N2O2/c1-6-13-27-19-11-12-21-20(14-19)22(24-23(26)25(21)16(4)5)18-9-7-17(8-10-18)15(2)3/h6-12,14-16H,1,13H2,2-5H3. The van der Waals surface area contributed by atoms with Gasteiger partial charge in [-0.05, 0) is 43.5 Å². The minimum absolute atomic E-state index is 0.0183. The van der Waals surface area contributed by atoms with Crippen molar-refractivity contribution in [3.05, 3.63) is 71.2 Å². The lowest BCUT2D eigenvalue weighted by Gasteiger charge is -2.17. The van der Waals surface area contributed by atoms with Crippen molar-refractivity contribution in [2.75, 3.05) is 6.61 Å². The van der Waals surface area contributed by atoms with E-state index < -0.39 is 0 Å². The number of aromatic nitrogens is 2. The second kappa shape index (κ2) is 7.78. The lowest BCUT2D eigenvalue weighted by atomic mass is 9.99. The molecule has 0 spiro atoms. The lowest BCUT2D eigenvalue weighted by molar-refractivity contribution is 0.363. The fourth-order valence-electron chi connectivity index (χ4n) is 3.22. The zero-order valence-corrected chi connectivity index (χ0v) is 16.4. The van der Waals surface area contributed by atoms with Crippen molar-refractivity contribution >= 4 is 10.9 Å². The molecule has 0 atom stereocenters. The van der Waals surface area contributed by atoms with Crippen LogP contribution in [0.5, 0.6) is 5.75 Å². The van der Waals surface area contributed by atoms with Crippen LogP contribution in [0.3, 0.4) is 0 Å². The molecule has 0 aliphatic heterocycles. The third-order valence-corrected chi connectivity index (χ3v) is 4.63. The Morgan fingerprint density at radius 1 is 1.11 bits per heavy atom. The van der Waals surface area contributed by atoms with Crippen molar-refractivity contribution in [3.63, 3.8) is 0 Å². The molecule has 140 valence electrons. The van der Waals surface area contributed by atoms with Crippen LogP contribution >= 0.6 is 0 Å². The van der Waals surface area contributed by atoms with Crippen LogP contribution in [0.4, 0.5) is 0 Å². The van der Waals surface area contributed by atoms with E-state index in [1.54, 1.807) is 10.6 Å². The molecule has 27 heavy (non-hydrogen) atoms. The fraction of sp³-hybridized carbons (Fsp3) is 0.304. The average molecular weight is 362 g/mol. The molecule has 0 amide bonds. The van der Waals surface area contributed by atoms with E-state index in [4.69, 9.17) is 4.74 Å². The van der Waals surface area contributed by atoms with Crippen LogP contribution in [-0.4, -0.2) is 16.2 Å². The SMILES string of the molecule is C=CCOc1ccc2c(c1)c(-c1ccc(C(C)C)cc1)nc(=O)n2C(C)C. The van der Waals surface area contributed by atoms with Gasteiger partial charge in [0.15, 0.2) is 0 Å². The van der Waals surface area contributed by atoms with Crippen molar-refractivity contribution < 1.29 is 4.74 Å². The number of fused-ring (bicyclic) bond motifs is 1. The van der Waals surface area contributed by atoms with Gasteiger partial charge in [-0.25, -0.2) is 4.79 Å². The maximum atomic E-state index is 12.7. The van der Waals surface area contributed by atoms with Gasteiger partial charge in [0, 0.05) is 17.0 Å². The molecule has 3 rings (SSSR count). The number of benzene rings is 2. The highest BCUT2D eigenvalue weighted by Crippen LogP contribution is 2.30. The van der Waals surface area contributed by atoms with E-state index in [1.807, 2.05) is 44.2 Å². The molecule has 3 aromatic rings. The summed E-state index contributed by atoms with van der Waals surface area (Å²) in [6, 6.07) is 14.1. The summed E-state index contributed by atoms with van der Waals surface area (Å²) in [5.41, 5.74) is 3.50. The number of ether oxygens (including phenoxy) is 1. The predicted octanol–water partition coefficient (Wildman–Crippen LogP) is 5.33. The molecule has 0 saturated carbocycles. The van der Waals surface area contributed by atoms with Crippen molar-refractivity contribution in [1.29, 1.82) is 0 Å². The molecule has 0 aliphatic carbocycles. The van der Waals surface area contributed by atoms with Gasteiger partial charge in [-0.15, -0.1) is 0 Å². The highest BCUT2D eigenvalue weighted by atomic mass is 16.5. The first-order chi connectivity index (χ1) is 12.9. The minimum atomic E-state index is -0.236. The monoisotopic (exact) mass is 362 g/mol. The minimum Gasteiger partial charge on any atom is -0.490 e. The molecule has 1 heterocycles. The molecule has 0 radical (unpaired) electrons. The third kappa shape index (κ3) is 3.80. The van der Waals surface area contributed by atoms with E-state index in [0.29, 0.717) is 18.2 Å².